The van der Waals surface area contributed by atoms with Gasteiger partial charge in [-0.3, -0.25) is 4.90 Å². The summed E-state index contributed by atoms with van der Waals surface area (Å²) in [4.78, 5) is 2.32. The molecule has 3 nitrogen and oxygen atoms in total. The first kappa shape index (κ1) is 18.7. The molecule has 1 aliphatic rings. The lowest BCUT2D eigenvalue weighted by Gasteiger charge is -2.24. The van der Waals surface area contributed by atoms with Crippen LogP contribution in [0.15, 0.2) is 36.4 Å². The van der Waals surface area contributed by atoms with Crippen molar-refractivity contribution in [3.05, 3.63) is 58.9 Å². The normalized spacial score (nSPS) is 15.3. The summed E-state index contributed by atoms with van der Waals surface area (Å²) in [7, 11) is 0. The Labute approximate surface area is 155 Å². The highest BCUT2D eigenvalue weighted by molar-refractivity contribution is 5.42. The molecule has 4 heteroatoms. The van der Waals surface area contributed by atoms with E-state index in [1.807, 2.05) is 18.2 Å². The Hall–Kier alpha value is -2.07. The van der Waals surface area contributed by atoms with Crippen molar-refractivity contribution in [3.8, 4) is 11.5 Å². The largest absolute Gasteiger partial charge is 0.504 e. The fourth-order valence-corrected chi connectivity index (χ4v) is 3.36. The maximum atomic E-state index is 13.9. The van der Waals surface area contributed by atoms with Crippen molar-refractivity contribution in [1.29, 1.82) is 0 Å². The van der Waals surface area contributed by atoms with Crippen molar-refractivity contribution in [1.82, 2.24) is 4.90 Å². The molecule has 2 aromatic carbocycles. The first-order valence-corrected chi connectivity index (χ1v) is 9.39. The van der Waals surface area contributed by atoms with Crippen molar-refractivity contribution < 1.29 is 14.2 Å². The fraction of sp³-hybridized carbons (Fsp3) is 0.455. The van der Waals surface area contributed by atoms with Gasteiger partial charge < -0.3 is 9.84 Å². The van der Waals surface area contributed by atoms with Gasteiger partial charge in [-0.25, -0.2) is 4.39 Å². The molecule has 0 amide bonds. The highest BCUT2D eigenvalue weighted by Crippen LogP contribution is 2.30. The van der Waals surface area contributed by atoms with Crippen LogP contribution in [0.25, 0.3) is 0 Å². The van der Waals surface area contributed by atoms with Crippen molar-refractivity contribution in [3.63, 3.8) is 0 Å². The van der Waals surface area contributed by atoms with Crippen LogP contribution in [0.3, 0.4) is 0 Å². The molecule has 0 bridgehead atoms. The number of hydrogen-bond donors (Lipinski definition) is 1. The van der Waals surface area contributed by atoms with Crippen LogP contribution in [-0.2, 0) is 19.5 Å². The van der Waals surface area contributed by atoms with Gasteiger partial charge in [0.15, 0.2) is 11.5 Å². The highest BCUT2D eigenvalue weighted by atomic mass is 19.1. The molecule has 2 aromatic rings. The molecule has 1 atom stereocenters. The molecule has 1 heterocycles. The molecule has 0 aliphatic carbocycles. The second-order valence-corrected chi connectivity index (χ2v) is 7.68. The minimum Gasteiger partial charge on any atom is -0.504 e. The maximum Gasteiger partial charge on any atom is 0.161 e. The molecular formula is C22H28FNO2. The number of nitrogens with zero attached hydrogens (tertiary/aromatic N) is 1. The van der Waals surface area contributed by atoms with E-state index in [1.54, 1.807) is 18.2 Å². The molecule has 0 spiro atoms. The number of benzene rings is 2. The first-order valence-electron chi connectivity index (χ1n) is 9.39. The van der Waals surface area contributed by atoms with E-state index in [1.165, 1.54) is 0 Å². The Morgan fingerprint density at radius 2 is 1.96 bits per heavy atom. The van der Waals surface area contributed by atoms with E-state index in [0.717, 1.165) is 36.1 Å². The van der Waals surface area contributed by atoms with Gasteiger partial charge in [0.05, 0.1) is 6.61 Å². The second-order valence-electron chi connectivity index (χ2n) is 7.68. The van der Waals surface area contributed by atoms with Crippen LogP contribution < -0.4 is 4.74 Å². The SMILES string of the molecule is CC(C)COc1cc(CCC(C)N2Cc3cccc(F)c3C2)ccc1O. The number of fused-ring (bicyclic) bond motifs is 1. The highest BCUT2D eigenvalue weighted by Gasteiger charge is 2.25. The number of hydrogen-bond acceptors (Lipinski definition) is 3. The van der Waals surface area contributed by atoms with Gasteiger partial charge in [0.2, 0.25) is 0 Å². The number of aromatic hydroxyl groups is 1. The Morgan fingerprint density at radius 3 is 2.69 bits per heavy atom. The zero-order valence-corrected chi connectivity index (χ0v) is 15.8. The van der Waals surface area contributed by atoms with Crippen LogP contribution in [0.1, 0.15) is 43.9 Å². The van der Waals surface area contributed by atoms with E-state index in [0.29, 0.717) is 30.9 Å². The molecule has 0 saturated heterocycles. The van der Waals surface area contributed by atoms with Gasteiger partial charge in [-0.05, 0) is 55.0 Å². The maximum absolute atomic E-state index is 13.9. The van der Waals surface area contributed by atoms with Gasteiger partial charge in [0, 0.05) is 24.7 Å². The Kier molecular flexibility index (Phi) is 5.82. The van der Waals surface area contributed by atoms with Gasteiger partial charge >= 0.3 is 0 Å². The van der Waals surface area contributed by atoms with Crippen molar-refractivity contribution in [2.24, 2.45) is 5.92 Å². The molecule has 0 fully saturated rings. The van der Waals surface area contributed by atoms with E-state index in [-0.39, 0.29) is 11.6 Å². The first-order chi connectivity index (χ1) is 12.4. The van der Waals surface area contributed by atoms with E-state index in [9.17, 15) is 9.50 Å². The topological polar surface area (TPSA) is 32.7 Å². The summed E-state index contributed by atoms with van der Waals surface area (Å²) in [6, 6.07) is 11.3. The van der Waals surface area contributed by atoms with Crippen molar-refractivity contribution in [2.75, 3.05) is 6.61 Å². The van der Waals surface area contributed by atoms with E-state index < -0.39 is 0 Å². The lowest BCUT2D eigenvalue weighted by molar-refractivity contribution is 0.202. The third kappa shape index (κ3) is 4.36. The number of phenols is 1. The summed E-state index contributed by atoms with van der Waals surface area (Å²) in [5.74, 6) is 1.06. The van der Waals surface area contributed by atoms with Crippen LogP contribution in [-0.4, -0.2) is 22.7 Å². The van der Waals surface area contributed by atoms with Gasteiger partial charge in [-0.15, -0.1) is 0 Å². The average molecular weight is 357 g/mol. The standard InChI is InChI=1S/C22H28FNO2/c1-15(2)14-26-22-11-17(9-10-21(22)25)8-7-16(3)24-12-18-5-4-6-20(23)19(18)13-24/h4-6,9-11,15-16,25H,7-8,12-14H2,1-3H3. The second kappa shape index (κ2) is 8.09. The summed E-state index contributed by atoms with van der Waals surface area (Å²) >= 11 is 0. The van der Waals surface area contributed by atoms with Gasteiger partial charge in [0.1, 0.15) is 5.82 Å². The quantitative estimate of drug-likeness (QED) is 0.765. The minimum absolute atomic E-state index is 0.0947. The molecule has 1 N–H and O–H groups in total. The fourth-order valence-electron chi connectivity index (χ4n) is 3.36. The van der Waals surface area contributed by atoms with Gasteiger partial charge in [-0.2, -0.15) is 0 Å². The van der Waals surface area contributed by atoms with E-state index in [4.69, 9.17) is 4.74 Å². The van der Waals surface area contributed by atoms with Gasteiger partial charge in [0.25, 0.3) is 0 Å². The number of phenolic OH excluding ortho intramolecular Hbond substituents is 1. The molecule has 140 valence electrons. The molecular weight excluding hydrogens is 329 g/mol. The molecule has 0 radical (unpaired) electrons. The molecule has 1 unspecified atom stereocenters. The Morgan fingerprint density at radius 1 is 1.15 bits per heavy atom. The zero-order chi connectivity index (χ0) is 18.7. The van der Waals surface area contributed by atoms with Crippen LogP contribution in [0, 0.1) is 11.7 Å². The van der Waals surface area contributed by atoms with Crippen molar-refractivity contribution >= 4 is 0 Å². The lowest BCUT2D eigenvalue weighted by atomic mass is 10.0. The molecule has 3 rings (SSSR count). The average Bonchev–Trinajstić information content (AvgIpc) is 3.05. The summed E-state index contributed by atoms with van der Waals surface area (Å²) < 4.78 is 19.6. The van der Waals surface area contributed by atoms with Crippen LogP contribution >= 0.6 is 0 Å². The predicted molar refractivity (Wildman–Crippen MR) is 102 cm³/mol. The number of aryl methyl sites for hydroxylation is 1. The monoisotopic (exact) mass is 357 g/mol. The van der Waals surface area contributed by atoms with E-state index >= 15 is 0 Å². The summed E-state index contributed by atoms with van der Waals surface area (Å²) in [5, 5.41) is 9.96. The minimum atomic E-state index is -0.0947. The number of ether oxygens (including phenoxy) is 1. The summed E-state index contributed by atoms with van der Waals surface area (Å²) in [6.45, 7) is 8.44. The van der Waals surface area contributed by atoms with Gasteiger partial charge in [-0.1, -0.05) is 32.0 Å². The third-order valence-corrected chi connectivity index (χ3v) is 5.02. The lowest BCUT2D eigenvalue weighted by Crippen LogP contribution is -2.28. The van der Waals surface area contributed by atoms with Crippen molar-refractivity contribution in [2.45, 2.75) is 52.7 Å². The van der Waals surface area contributed by atoms with Crippen LogP contribution in [0.4, 0.5) is 4.39 Å². The van der Waals surface area contributed by atoms with E-state index in [2.05, 4.69) is 25.7 Å². The summed E-state index contributed by atoms with van der Waals surface area (Å²) in [6.07, 6.45) is 1.87. The van der Waals surface area contributed by atoms with Crippen LogP contribution in [0.5, 0.6) is 11.5 Å². The Balaban J connectivity index is 1.57. The molecule has 26 heavy (non-hydrogen) atoms. The molecule has 0 saturated carbocycles. The predicted octanol–water partition coefficient (Wildman–Crippen LogP) is 4.90. The zero-order valence-electron chi connectivity index (χ0n) is 15.8. The smallest absolute Gasteiger partial charge is 0.161 e. The molecule has 1 aliphatic heterocycles. The number of halogens is 1. The Bertz CT molecular complexity index is 760. The third-order valence-electron chi connectivity index (χ3n) is 5.02. The van der Waals surface area contributed by atoms with Crippen LogP contribution in [0.2, 0.25) is 0 Å². The molecule has 0 aromatic heterocycles. The summed E-state index contributed by atoms with van der Waals surface area (Å²) in [5.41, 5.74) is 3.09. The number of rotatable bonds is 7.